The number of benzene rings is 9. The van der Waals surface area contributed by atoms with Crippen molar-refractivity contribution in [1.82, 2.24) is 19.5 Å². The second-order valence-electron chi connectivity index (χ2n) is 15.6. The molecule has 0 aliphatic heterocycles. The molecule has 9 aromatic carbocycles. The number of para-hydroxylation sites is 2. The summed E-state index contributed by atoms with van der Waals surface area (Å²) in [6.45, 7) is 0. The van der Waals surface area contributed by atoms with Crippen LogP contribution in [0, 0.1) is 0 Å². The Morgan fingerprint density at radius 3 is 1.58 bits per heavy atom. The zero-order valence-electron chi connectivity index (χ0n) is 33.5. The molecule has 0 aliphatic rings. The van der Waals surface area contributed by atoms with Gasteiger partial charge in [0.05, 0.1) is 11.0 Å². The second kappa shape index (κ2) is 14.9. The van der Waals surface area contributed by atoms with Gasteiger partial charge in [-0.2, -0.15) is 0 Å². The number of fused-ring (bicyclic) bond motifs is 6. The van der Waals surface area contributed by atoms with E-state index in [2.05, 4.69) is 205 Å². The SMILES string of the molecule is c1ccc(-c2cc(-c3nc(-c4ccccc4)nc(-c4cc(-c5ccccc5)cc5c6ccccc6n(-c6ccccc6)c45)n3)cc(-c3cccc4c3sc3ccccc34)c2)cc1. The molecule has 0 fully saturated rings. The third-order valence-electron chi connectivity index (χ3n) is 11.8. The molecule has 3 aromatic heterocycles. The molecule has 4 nitrogen and oxygen atoms in total. The van der Waals surface area contributed by atoms with E-state index in [9.17, 15) is 0 Å². The smallest absolute Gasteiger partial charge is 0.166 e. The van der Waals surface area contributed by atoms with Crippen LogP contribution in [0.15, 0.2) is 218 Å². The molecule has 0 aliphatic carbocycles. The summed E-state index contributed by atoms with van der Waals surface area (Å²) in [5.74, 6) is 1.83. The van der Waals surface area contributed by atoms with Crippen molar-refractivity contribution in [1.29, 1.82) is 0 Å². The predicted octanol–water partition coefficient (Wildman–Crippen LogP) is 15.3. The van der Waals surface area contributed by atoms with Gasteiger partial charge in [-0.25, -0.2) is 15.0 Å². The Kier molecular flexibility index (Phi) is 8.65. The van der Waals surface area contributed by atoms with Crippen LogP contribution in [0.5, 0.6) is 0 Å². The van der Waals surface area contributed by atoms with Crippen molar-refractivity contribution in [3.8, 4) is 73.2 Å². The zero-order chi connectivity index (χ0) is 41.0. The lowest BCUT2D eigenvalue weighted by molar-refractivity contribution is 1.07. The summed E-state index contributed by atoms with van der Waals surface area (Å²) in [6, 6.07) is 77.5. The molecule has 0 radical (unpaired) electrons. The molecule has 12 rings (SSSR count). The lowest BCUT2D eigenvalue weighted by Crippen LogP contribution is -2.03. The Balaban J connectivity index is 1.17. The molecule has 3 heterocycles. The van der Waals surface area contributed by atoms with E-state index in [1.807, 2.05) is 29.5 Å². The van der Waals surface area contributed by atoms with Crippen LogP contribution in [0.25, 0.3) is 115 Å². The van der Waals surface area contributed by atoms with Crippen LogP contribution in [0.4, 0.5) is 0 Å². The van der Waals surface area contributed by atoms with Crippen LogP contribution in [0.2, 0.25) is 0 Å². The van der Waals surface area contributed by atoms with E-state index < -0.39 is 0 Å². The minimum Gasteiger partial charge on any atom is -0.308 e. The lowest BCUT2D eigenvalue weighted by Gasteiger charge is -2.15. The highest BCUT2D eigenvalue weighted by Crippen LogP contribution is 2.44. The number of rotatable bonds is 7. The molecule has 0 bridgehead atoms. The second-order valence-corrected chi connectivity index (χ2v) is 16.6. The molecule has 12 aromatic rings. The van der Waals surface area contributed by atoms with E-state index in [0.717, 1.165) is 66.6 Å². The van der Waals surface area contributed by atoms with E-state index in [1.54, 1.807) is 0 Å². The standard InChI is InChI=1S/C57H36N4S/c1-5-18-37(19-6-1)40-32-42(45-28-17-29-48-47-27-14-16-31-52(47)62-54(45)48)34-43(33-40)56-58-55(39-22-9-3-10-23-39)59-57(60-56)50-36-41(38-20-7-2-8-21-38)35-49-46-26-13-15-30-51(46)61(53(49)50)44-24-11-4-12-25-44/h1-36H. The summed E-state index contributed by atoms with van der Waals surface area (Å²) in [5, 5.41) is 4.84. The summed E-state index contributed by atoms with van der Waals surface area (Å²) in [4.78, 5) is 16.2. The molecule has 0 atom stereocenters. The number of hydrogen-bond acceptors (Lipinski definition) is 4. The highest BCUT2D eigenvalue weighted by Gasteiger charge is 2.23. The highest BCUT2D eigenvalue weighted by atomic mass is 32.1. The molecule has 62 heavy (non-hydrogen) atoms. The topological polar surface area (TPSA) is 43.6 Å². The summed E-state index contributed by atoms with van der Waals surface area (Å²) < 4.78 is 4.90. The van der Waals surface area contributed by atoms with Crippen LogP contribution >= 0.6 is 11.3 Å². The molecular formula is C57H36N4S. The molecule has 290 valence electrons. The van der Waals surface area contributed by atoms with Gasteiger partial charge in [-0.15, -0.1) is 11.3 Å². The Bertz CT molecular complexity index is 3610. The fourth-order valence-electron chi connectivity index (χ4n) is 8.94. The largest absolute Gasteiger partial charge is 0.308 e. The molecular weight excluding hydrogens is 773 g/mol. The van der Waals surface area contributed by atoms with Crippen molar-refractivity contribution in [3.63, 3.8) is 0 Å². The maximum Gasteiger partial charge on any atom is 0.166 e. The number of hydrogen-bond donors (Lipinski definition) is 0. The normalized spacial score (nSPS) is 11.5. The van der Waals surface area contributed by atoms with Gasteiger partial charge >= 0.3 is 0 Å². The van der Waals surface area contributed by atoms with Crippen LogP contribution in [0.3, 0.4) is 0 Å². The molecule has 0 saturated heterocycles. The predicted molar refractivity (Wildman–Crippen MR) is 260 cm³/mol. The molecule has 0 saturated carbocycles. The van der Waals surface area contributed by atoms with E-state index >= 15 is 0 Å². The Morgan fingerprint density at radius 2 is 0.855 bits per heavy atom. The Morgan fingerprint density at radius 1 is 0.323 bits per heavy atom. The van der Waals surface area contributed by atoms with Crippen molar-refractivity contribution >= 4 is 53.3 Å². The zero-order valence-corrected chi connectivity index (χ0v) is 34.3. The van der Waals surface area contributed by atoms with E-state index in [4.69, 9.17) is 15.0 Å². The minimum atomic E-state index is 0.606. The first-order valence-electron chi connectivity index (χ1n) is 20.8. The van der Waals surface area contributed by atoms with E-state index in [0.29, 0.717) is 17.5 Å². The first-order valence-corrected chi connectivity index (χ1v) is 21.7. The number of aromatic nitrogens is 4. The first-order chi connectivity index (χ1) is 30.7. The van der Waals surface area contributed by atoms with Crippen LogP contribution in [0.1, 0.15) is 0 Å². The van der Waals surface area contributed by atoms with Gasteiger partial charge in [0.1, 0.15) is 0 Å². The Labute approximate surface area is 362 Å². The van der Waals surface area contributed by atoms with Gasteiger partial charge in [0, 0.05) is 53.3 Å². The number of nitrogens with zero attached hydrogens (tertiary/aromatic N) is 4. The maximum absolute atomic E-state index is 5.52. The quantitative estimate of drug-likeness (QED) is 0.161. The summed E-state index contributed by atoms with van der Waals surface area (Å²) in [7, 11) is 0. The van der Waals surface area contributed by atoms with Gasteiger partial charge in [0.25, 0.3) is 0 Å². The van der Waals surface area contributed by atoms with Crippen molar-refractivity contribution in [2.45, 2.75) is 0 Å². The maximum atomic E-state index is 5.52. The summed E-state index contributed by atoms with van der Waals surface area (Å²) >= 11 is 1.84. The third-order valence-corrected chi connectivity index (χ3v) is 13.0. The van der Waals surface area contributed by atoms with E-state index in [-0.39, 0.29) is 0 Å². The van der Waals surface area contributed by atoms with Crippen molar-refractivity contribution in [2.24, 2.45) is 0 Å². The molecule has 0 unspecified atom stereocenters. The fourth-order valence-corrected chi connectivity index (χ4v) is 10.2. The number of thiophene rings is 1. The van der Waals surface area contributed by atoms with Gasteiger partial charge in [0.2, 0.25) is 0 Å². The van der Waals surface area contributed by atoms with Crippen LogP contribution < -0.4 is 0 Å². The first kappa shape index (κ1) is 35.9. The summed E-state index contributed by atoms with van der Waals surface area (Å²) in [5.41, 5.74) is 12.7. The van der Waals surface area contributed by atoms with Gasteiger partial charge < -0.3 is 4.57 Å². The van der Waals surface area contributed by atoms with Gasteiger partial charge in [0.15, 0.2) is 17.5 Å². The van der Waals surface area contributed by atoms with Gasteiger partial charge in [-0.1, -0.05) is 164 Å². The molecule has 5 heteroatoms. The van der Waals surface area contributed by atoms with Crippen molar-refractivity contribution < 1.29 is 0 Å². The fraction of sp³-hybridized carbons (Fsp3) is 0. The average Bonchev–Trinajstić information content (AvgIpc) is 3.91. The van der Waals surface area contributed by atoms with Gasteiger partial charge in [-0.05, 0) is 88.0 Å². The lowest BCUT2D eigenvalue weighted by atomic mass is 9.95. The highest BCUT2D eigenvalue weighted by molar-refractivity contribution is 7.26. The molecule has 0 spiro atoms. The third kappa shape index (κ3) is 6.18. The average molecular weight is 809 g/mol. The van der Waals surface area contributed by atoms with E-state index in [1.165, 1.54) is 31.1 Å². The van der Waals surface area contributed by atoms with Crippen molar-refractivity contribution in [3.05, 3.63) is 218 Å². The monoisotopic (exact) mass is 808 g/mol. The minimum absolute atomic E-state index is 0.606. The molecule has 0 N–H and O–H groups in total. The molecule has 0 amide bonds. The van der Waals surface area contributed by atoms with Gasteiger partial charge in [-0.3, -0.25) is 0 Å². The Hall–Kier alpha value is -7.99. The van der Waals surface area contributed by atoms with Crippen LogP contribution in [-0.4, -0.2) is 19.5 Å². The van der Waals surface area contributed by atoms with Crippen molar-refractivity contribution in [2.75, 3.05) is 0 Å². The summed E-state index contributed by atoms with van der Waals surface area (Å²) in [6.07, 6.45) is 0. The van der Waals surface area contributed by atoms with Crippen LogP contribution in [-0.2, 0) is 0 Å².